The second kappa shape index (κ2) is 7.30. The zero-order chi connectivity index (χ0) is 23.8. The van der Waals surface area contributed by atoms with Crippen LogP contribution in [0, 0.1) is 34.5 Å². The van der Waals surface area contributed by atoms with E-state index in [1.807, 2.05) is 6.92 Å². The van der Waals surface area contributed by atoms with Gasteiger partial charge in [0.15, 0.2) is 11.6 Å². The van der Waals surface area contributed by atoms with Crippen molar-refractivity contribution in [3.05, 3.63) is 23.8 Å². The van der Waals surface area contributed by atoms with E-state index in [0.29, 0.717) is 12.0 Å². The van der Waals surface area contributed by atoms with Gasteiger partial charge in [0.25, 0.3) is 0 Å². The maximum atomic E-state index is 15.4. The van der Waals surface area contributed by atoms with Crippen LogP contribution in [-0.2, 0) is 14.4 Å². The summed E-state index contributed by atoms with van der Waals surface area (Å²) in [6.45, 7) is 5.19. The van der Waals surface area contributed by atoms with Crippen molar-refractivity contribution < 1.29 is 39.2 Å². The normalized spacial score (nSPS) is 48.3. The van der Waals surface area contributed by atoms with Gasteiger partial charge in [-0.2, -0.15) is 0 Å². The molecule has 0 aromatic heterocycles. The summed E-state index contributed by atoms with van der Waals surface area (Å²) in [5.41, 5.74) is -3.69. The lowest BCUT2D eigenvalue weighted by molar-refractivity contribution is -0.190. The van der Waals surface area contributed by atoms with Gasteiger partial charge in [0.2, 0.25) is 0 Å². The lowest BCUT2D eigenvalue weighted by Crippen LogP contribution is -2.64. The molecule has 4 aliphatic rings. The summed E-state index contributed by atoms with van der Waals surface area (Å²) in [7, 11) is 0. The van der Waals surface area contributed by atoms with Gasteiger partial charge in [0, 0.05) is 16.7 Å². The summed E-state index contributed by atoms with van der Waals surface area (Å²) >= 11 is 0. The van der Waals surface area contributed by atoms with E-state index in [2.05, 4.69) is 0 Å². The molecule has 0 amide bonds. The van der Waals surface area contributed by atoms with Crippen LogP contribution in [0.3, 0.4) is 0 Å². The number of halogens is 1. The minimum Gasteiger partial charge on any atom is -0.481 e. The average Bonchev–Trinajstić information content (AvgIpc) is 2.89. The Balaban J connectivity index is 1.75. The third-order valence-electron chi connectivity index (χ3n) is 9.10. The van der Waals surface area contributed by atoms with E-state index in [-0.39, 0.29) is 30.5 Å². The number of carboxylic acid groups (broad SMARTS) is 1. The standard InChI is InChI=1S/C24H31FO7/c1-11-6-14-13-8-16(25)15-7-12(26)4-5-22(15,2)20(13)18(28)10-23(14,3)24(11,32)21(31)17(27)9-19(29)30/h4-5,7,11,13-14,16-18,20,27-28,32H,6,8-10H2,1-3H3,(H,29,30)/t11?,13-,14-,16?,17?,18?,20+,22-,23-,24-/m0/s1. The minimum absolute atomic E-state index is 0.0484. The maximum Gasteiger partial charge on any atom is 0.306 e. The molecule has 3 fully saturated rings. The van der Waals surface area contributed by atoms with E-state index in [0.717, 1.165) is 0 Å². The van der Waals surface area contributed by atoms with E-state index in [9.17, 15) is 29.7 Å². The average molecular weight is 451 g/mol. The number of ketones is 2. The molecule has 4 unspecified atom stereocenters. The van der Waals surface area contributed by atoms with Crippen molar-refractivity contribution >= 4 is 17.5 Å². The summed E-state index contributed by atoms with van der Waals surface area (Å²) in [6, 6.07) is 0. The van der Waals surface area contributed by atoms with Gasteiger partial charge in [-0.15, -0.1) is 0 Å². The van der Waals surface area contributed by atoms with Crippen LogP contribution >= 0.6 is 0 Å². The molecule has 7 nitrogen and oxygen atoms in total. The number of aliphatic carboxylic acids is 1. The van der Waals surface area contributed by atoms with E-state index >= 15 is 4.39 Å². The van der Waals surface area contributed by atoms with Crippen LogP contribution in [0.2, 0.25) is 0 Å². The molecule has 4 N–H and O–H groups in total. The Labute approximate surface area is 186 Å². The molecule has 0 aromatic rings. The molecule has 4 rings (SSSR count). The number of aliphatic hydroxyl groups excluding tert-OH is 2. The van der Waals surface area contributed by atoms with Gasteiger partial charge in [0.1, 0.15) is 17.9 Å². The van der Waals surface area contributed by atoms with E-state index in [1.54, 1.807) is 19.9 Å². The van der Waals surface area contributed by atoms with Crippen LogP contribution in [0.25, 0.3) is 0 Å². The van der Waals surface area contributed by atoms with Crippen LogP contribution in [0.1, 0.15) is 46.5 Å². The van der Waals surface area contributed by atoms with E-state index in [4.69, 9.17) is 5.11 Å². The molecule has 32 heavy (non-hydrogen) atoms. The fourth-order valence-corrected chi connectivity index (χ4v) is 7.71. The first-order chi connectivity index (χ1) is 14.8. The molecule has 0 spiro atoms. The van der Waals surface area contributed by atoms with E-state index < -0.39 is 64.8 Å². The highest BCUT2D eigenvalue weighted by Crippen LogP contribution is 2.68. The summed E-state index contributed by atoms with van der Waals surface area (Å²) in [4.78, 5) is 36.1. The van der Waals surface area contributed by atoms with Gasteiger partial charge in [-0.3, -0.25) is 14.4 Å². The van der Waals surface area contributed by atoms with Crippen LogP contribution < -0.4 is 0 Å². The molecule has 0 bridgehead atoms. The van der Waals surface area contributed by atoms with Crippen LogP contribution in [0.4, 0.5) is 4.39 Å². The van der Waals surface area contributed by atoms with Gasteiger partial charge in [-0.25, -0.2) is 4.39 Å². The molecular weight excluding hydrogens is 419 g/mol. The molecule has 0 radical (unpaired) electrons. The first-order valence-electron chi connectivity index (χ1n) is 11.2. The number of carbonyl (C=O) groups excluding carboxylic acids is 2. The maximum absolute atomic E-state index is 15.4. The number of hydrogen-bond acceptors (Lipinski definition) is 6. The minimum atomic E-state index is -2.04. The second-order valence-electron chi connectivity index (χ2n) is 10.7. The highest BCUT2D eigenvalue weighted by atomic mass is 19.1. The number of allylic oxidation sites excluding steroid dienone is 4. The molecule has 0 saturated heterocycles. The molecule has 0 aromatic carbocycles. The van der Waals surface area contributed by atoms with Gasteiger partial charge in [-0.05, 0) is 54.7 Å². The number of carbonyl (C=O) groups is 3. The fourth-order valence-electron chi connectivity index (χ4n) is 7.71. The highest BCUT2D eigenvalue weighted by molar-refractivity contribution is 6.01. The number of Topliss-reactive ketones (excluding diaryl/α,β-unsaturated/α-hetero) is 1. The quantitative estimate of drug-likeness (QED) is 0.511. The topological polar surface area (TPSA) is 132 Å². The monoisotopic (exact) mass is 450 g/mol. The van der Waals surface area contributed by atoms with E-state index in [1.165, 1.54) is 12.2 Å². The molecule has 4 aliphatic carbocycles. The Morgan fingerprint density at radius 2 is 1.94 bits per heavy atom. The van der Waals surface area contributed by atoms with Crippen molar-refractivity contribution in [1.82, 2.24) is 0 Å². The van der Waals surface area contributed by atoms with Crippen molar-refractivity contribution in [2.45, 2.75) is 70.4 Å². The number of aliphatic hydroxyl groups is 3. The van der Waals surface area contributed by atoms with Crippen LogP contribution in [0.5, 0.6) is 0 Å². The Morgan fingerprint density at radius 1 is 1.28 bits per heavy atom. The van der Waals surface area contributed by atoms with Crippen molar-refractivity contribution in [3.63, 3.8) is 0 Å². The van der Waals surface area contributed by atoms with Crippen molar-refractivity contribution in [2.24, 2.45) is 34.5 Å². The van der Waals surface area contributed by atoms with Crippen LogP contribution in [-0.4, -0.2) is 61.9 Å². The van der Waals surface area contributed by atoms with Crippen molar-refractivity contribution in [3.8, 4) is 0 Å². The van der Waals surface area contributed by atoms with Gasteiger partial charge in [0.05, 0.1) is 12.5 Å². The third kappa shape index (κ3) is 2.92. The van der Waals surface area contributed by atoms with Gasteiger partial charge in [-0.1, -0.05) is 26.8 Å². The number of fused-ring (bicyclic) bond motifs is 5. The molecule has 10 atom stereocenters. The lowest BCUT2D eigenvalue weighted by Gasteiger charge is -2.60. The number of alkyl halides is 1. The molecule has 0 heterocycles. The number of hydrogen-bond donors (Lipinski definition) is 4. The SMILES string of the molecule is CC1C[C@H]2[C@@H]3CC(F)C4=CC(=O)C=C[C@]4(C)[C@H]3C(O)C[C@]2(C)[C@@]1(O)C(=O)C(O)CC(=O)O. The summed E-state index contributed by atoms with van der Waals surface area (Å²) in [6.07, 6.45) is -0.164. The summed E-state index contributed by atoms with van der Waals surface area (Å²) in [5, 5.41) is 42.2. The molecule has 3 saturated carbocycles. The molecule has 0 aliphatic heterocycles. The Morgan fingerprint density at radius 3 is 2.56 bits per heavy atom. The Kier molecular flexibility index (Phi) is 5.31. The largest absolute Gasteiger partial charge is 0.481 e. The second-order valence-corrected chi connectivity index (χ2v) is 10.7. The predicted octanol–water partition coefficient (Wildman–Crippen LogP) is 1.59. The summed E-state index contributed by atoms with van der Waals surface area (Å²) in [5.74, 6) is -4.27. The molecule has 176 valence electrons. The van der Waals surface area contributed by atoms with Crippen LogP contribution in [0.15, 0.2) is 23.8 Å². The summed E-state index contributed by atoms with van der Waals surface area (Å²) < 4.78 is 15.4. The van der Waals surface area contributed by atoms with Gasteiger partial charge < -0.3 is 20.4 Å². The predicted molar refractivity (Wildman–Crippen MR) is 111 cm³/mol. The number of carboxylic acids is 1. The highest BCUT2D eigenvalue weighted by Gasteiger charge is 2.71. The first kappa shape index (κ1) is 23.3. The van der Waals surface area contributed by atoms with Gasteiger partial charge >= 0.3 is 5.97 Å². The smallest absolute Gasteiger partial charge is 0.306 e. The van der Waals surface area contributed by atoms with Crippen molar-refractivity contribution in [1.29, 1.82) is 0 Å². The first-order valence-corrected chi connectivity index (χ1v) is 11.2. The zero-order valence-corrected chi connectivity index (χ0v) is 18.5. The number of rotatable bonds is 4. The molecule has 8 heteroatoms. The van der Waals surface area contributed by atoms with Crippen molar-refractivity contribution in [2.75, 3.05) is 0 Å². The Bertz CT molecular complexity index is 927. The fraction of sp³-hybridized carbons (Fsp3) is 0.708. The Hall–Kier alpha value is -1.90. The molecular formula is C24H31FO7. The lowest BCUT2D eigenvalue weighted by atomic mass is 9.45. The third-order valence-corrected chi connectivity index (χ3v) is 9.10. The zero-order valence-electron chi connectivity index (χ0n) is 18.5.